The van der Waals surface area contributed by atoms with E-state index in [-0.39, 0.29) is 0 Å². The molecule has 0 aliphatic heterocycles. The molecule has 0 aromatic carbocycles. The summed E-state index contributed by atoms with van der Waals surface area (Å²) >= 11 is 0. The maximum atomic E-state index is 11.1. The molecule has 0 fully saturated rings. The molecule has 0 bridgehead atoms. The number of hydrogen-bond donors (Lipinski definition) is 0. The summed E-state index contributed by atoms with van der Waals surface area (Å²) in [7, 11) is 1.50. The van der Waals surface area contributed by atoms with E-state index in [0.29, 0.717) is 13.0 Å². The molecule has 0 aliphatic carbocycles. The number of methoxy groups -OCH3 is 1. The van der Waals surface area contributed by atoms with Crippen molar-refractivity contribution in [3.8, 4) is 0 Å². The first-order valence-electron chi connectivity index (χ1n) is 5.60. The minimum absolute atomic E-state index is 0.430. The Morgan fingerprint density at radius 1 is 1.20 bits per heavy atom. The van der Waals surface area contributed by atoms with E-state index in [1.807, 2.05) is 6.92 Å². The molecule has 15 heavy (non-hydrogen) atoms. The van der Waals surface area contributed by atoms with E-state index in [2.05, 4.69) is 6.92 Å². The first-order chi connectivity index (χ1) is 7.24. The van der Waals surface area contributed by atoms with Crippen molar-refractivity contribution in [3.63, 3.8) is 0 Å². The molecule has 90 valence electrons. The Labute approximate surface area is 91.9 Å². The van der Waals surface area contributed by atoms with Crippen molar-refractivity contribution in [1.82, 2.24) is 0 Å². The first-order valence-corrected chi connectivity index (χ1v) is 5.60. The van der Waals surface area contributed by atoms with Gasteiger partial charge in [0.2, 0.25) is 6.29 Å². The highest BCUT2D eigenvalue weighted by atomic mass is 16.8. The molecule has 4 heteroatoms. The zero-order chi connectivity index (χ0) is 11.5. The average Bonchev–Trinajstić information content (AvgIpc) is 2.25. The van der Waals surface area contributed by atoms with Crippen molar-refractivity contribution in [2.45, 2.75) is 52.2 Å². The summed E-state index contributed by atoms with van der Waals surface area (Å²) in [5.74, 6) is 0. The van der Waals surface area contributed by atoms with E-state index in [1.165, 1.54) is 20.0 Å². The molecule has 0 saturated heterocycles. The fourth-order valence-corrected chi connectivity index (χ4v) is 1.12. The summed E-state index contributed by atoms with van der Waals surface area (Å²) in [6.07, 6.45) is 3.83. The van der Waals surface area contributed by atoms with Crippen molar-refractivity contribution < 1.29 is 19.0 Å². The molecule has 0 rings (SSSR count). The van der Waals surface area contributed by atoms with Crippen LogP contribution in [0, 0.1) is 0 Å². The predicted octanol–water partition coefficient (Wildman–Crippen LogP) is 3.10. The number of carbonyl (C=O) groups excluding carboxylic acids is 1. The van der Waals surface area contributed by atoms with Gasteiger partial charge in [0.05, 0.1) is 6.61 Å². The minimum atomic E-state index is -0.639. The smallest absolute Gasteiger partial charge is 0.434 e. The minimum Gasteiger partial charge on any atom is -0.434 e. The van der Waals surface area contributed by atoms with Crippen LogP contribution in [0.1, 0.15) is 46.0 Å². The van der Waals surface area contributed by atoms with Gasteiger partial charge in [-0.1, -0.05) is 33.1 Å². The third kappa shape index (κ3) is 8.24. The van der Waals surface area contributed by atoms with E-state index in [4.69, 9.17) is 14.2 Å². The van der Waals surface area contributed by atoms with Crippen LogP contribution in [0.4, 0.5) is 4.79 Å². The van der Waals surface area contributed by atoms with Gasteiger partial charge in [-0.2, -0.15) is 0 Å². The van der Waals surface area contributed by atoms with Gasteiger partial charge >= 0.3 is 6.16 Å². The van der Waals surface area contributed by atoms with Gasteiger partial charge in [-0.25, -0.2) is 4.79 Å². The van der Waals surface area contributed by atoms with Crippen molar-refractivity contribution in [2.24, 2.45) is 0 Å². The van der Waals surface area contributed by atoms with Crippen LogP contribution in [0.5, 0.6) is 0 Å². The summed E-state index contributed by atoms with van der Waals surface area (Å²) in [4.78, 5) is 11.1. The summed E-state index contributed by atoms with van der Waals surface area (Å²) in [6, 6.07) is 0. The standard InChI is InChI=1S/C11H22O4/c1-4-6-7-8-9-14-11(12)15-10(5-2)13-3/h10H,4-9H2,1-3H3. The second-order valence-electron chi connectivity index (χ2n) is 3.35. The number of unbranched alkanes of at least 4 members (excludes halogenated alkanes) is 3. The summed E-state index contributed by atoms with van der Waals surface area (Å²) in [6.45, 7) is 4.45. The Hall–Kier alpha value is -0.770. The Morgan fingerprint density at radius 2 is 1.93 bits per heavy atom. The quantitative estimate of drug-likeness (QED) is 0.357. The second kappa shape index (κ2) is 9.77. The molecule has 0 aromatic heterocycles. The topological polar surface area (TPSA) is 44.8 Å². The zero-order valence-electron chi connectivity index (χ0n) is 9.95. The summed E-state index contributed by atoms with van der Waals surface area (Å²) < 4.78 is 14.6. The van der Waals surface area contributed by atoms with E-state index in [9.17, 15) is 4.79 Å². The van der Waals surface area contributed by atoms with Gasteiger partial charge in [-0.15, -0.1) is 0 Å². The number of hydrogen-bond acceptors (Lipinski definition) is 4. The predicted molar refractivity (Wildman–Crippen MR) is 57.7 cm³/mol. The highest BCUT2D eigenvalue weighted by molar-refractivity contribution is 5.59. The lowest BCUT2D eigenvalue weighted by Gasteiger charge is -2.13. The lowest BCUT2D eigenvalue weighted by molar-refractivity contribution is -0.104. The molecule has 0 saturated carbocycles. The van der Waals surface area contributed by atoms with Gasteiger partial charge in [0.15, 0.2) is 0 Å². The molecular weight excluding hydrogens is 196 g/mol. The third-order valence-electron chi connectivity index (χ3n) is 2.04. The van der Waals surface area contributed by atoms with Gasteiger partial charge in [0.25, 0.3) is 0 Å². The van der Waals surface area contributed by atoms with Crippen LogP contribution < -0.4 is 0 Å². The number of carbonyl (C=O) groups is 1. The van der Waals surface area contributed by atoms with Gasteiger partial charge in [0, 0.05) is 13.5 Å². The molecule has 0 aliphatic rings. The second-order valence-corrected chi connectivity index (χ2v) is 3.35. The molecular formula is C11H22O4. The molecule has 0 radical (unpaired) electrons. The highest BCUT2D eigenvalue weighted by Crippen LogP contribution is 2.03. The summed E-state index contributed by atoms with van der Waals surface area (Å²) in [5, 5.41) is 0. The van der Waals surface area contributed by atoms with E-state index < -0.39 is 12.4 Å². The van der Waals surface area contributed by atoms with Gasteiger partial charge < -0.3 is 14.2 Å². The molecule has 1 unspecified atom stereocenters. The SMILES string of the molecule is CCCCCCOC(=O)OC(CC)OC. The molecule has 1 atom stereocenters. The van der Waals surface area contributed by atoms with E-state index in [1.54, 1.807) is 0 Å². The Morgan fingerprint density at radius 3 is 2.47 bits per heavy atom. The average molecular weight is 218 g/mol. The Kier molecular flexibility index (Phi) is 9.27. The van der Waals surface area contributed by atoms with Crippen LogP contribution in [-0.4, -0.2) is 26.2 Å². The van der Waals surface area contributed by atoms with Crippen molar-refractivity contribution in [1.29, 1.82) is 0 Å². The largest absolute Gasteiger partial charge is 0.510 e. The highest BCUT2D eigenvalue weighted by Gasteiger charge is 2.11. The van der Waals surface area contributed by atoms with Crippen LogP contribution in [0.25, 0.3) is 0 Å². The molecule has 4 nitrogen and oxygen atoms in total. The van der Waals surface area contributed by atoms with Crippen LogP contribution in [-0.2, 0) is 14.2 Å². The van der Waals surface area contributed by atoms with Gasteiger partial charge in [-0.05, 0) is 6.42 Å². The first kappa shape index (κ1) is 14.2. The maximum absolute atomic E-state index is 11.1. The maximum Gasteiger partial charge on any atom is 0.510 e. The molecule has 0 spiro atoms. The monoisotopic (exact) mass is 218 g/mol. The molecule has 0 heterocycles. The van der Waals surface area contributed by atoms with E-state index >= 15 is 0 Å². The summed E-state index contributed by atoms with van der Waals surface area (Å²) in [5.41, 5.74) is 0. The molecule has 0 N–H and O–H groups in total. The lowest BCUT2D eigenvalue weighted by atomic mass is 10.2. The molecule has 0 aromatic rings. The fraction of sp³-hybridized carbons (Fsp3) is 0.909. The molecule has 0 amide bonds. The Bertz CT molecular complexity index is 155. The fourth-order valence-electron chi connectivity index (χ4n) is 1.12. The van der Waals surface area contributed by atoms with Crippen LogP contribution >= 0.6 is 0 Å². The van der Waals surface area contributed by atoms with Crippen LogP contribution in [0.3, 0.4) is 0 Å². The van der Waals surface area contributed by atoms with Crippen molar-refractivity contribution in [2.75, 3.05) is 13.7 Å². The number of ether oxygens (including phenoxy) is 3. The Balaban J connectivity index is 3.40. The van der Waals surface area contributed by atoms with Crippen molar-refractivity contribution >= 4 is 6.16 Å². The van der Waals surface area contributed by atoms with Gasteiger partial charge in [-0.3, -0.25) is 0 Å². The van der Waals surface area contributed by atoms with Crippen molar-refractivity contribution in [3.05, 3.63) is 0 Å². The van der Waals surface area contributed by atoms with Gasteiger partial charge in [0.1, 0.15) is 0 Å². The van der Waals surface area contributed by atoms with E-state index in [0.717, 1.165) is 12.8 Å². The lowest BCUT2D eigenvalue weighted by Crippen LogP contribution is -2.20. The normalized spacial score (nSPS) is 12.2. The van der Waals surface area contributed by atoms with Crippen LogP contribution in [0.15, 0.2) is 0 Å². The van der Waals surface area contributed by atoms with Crippen LogP contribution in [0.2, 0.25) is 0 Å². The third-order valence-corrected chi connectivity index (χ3v) is 2.04. The zero-order valence-corrected chi connectivity index (χ0v) is 9.95. The number of rotatable bonds is 8.